The fraction of sp³-hybridized carbons (Fsp3) is 0.364. The normalized spacial score (nSPS) is 15.3. The average Bonchev–Trinajstić information content (AvgIpc) is 3.48. The number of anilines is 1. The number of nitrogens with one attached hydrogen (secondary N) is 4. The van der Waals surface area contributed by atoms with Gasteiger partial charge in [-0.2, -0.15) is 0 Å². The first-order chi connectivity index (χ1) is 15.1. The summed E-state index contributed by atoms with van der Waals surface area (Å²) in [6, 6.07) is 3.75. The van der Waals surface area contributed by atoms with Crippen molar-refractivity contribution in [1.82, 2.24) is 20.5 Å². The minimum absolute atomic E-state index is 0.00370. The van der Waals surface area contributed by atoms with Crippen LogP contribution in [0.5, 0.6) is 0 Å². The fourth-order valence-corrected chi connectivity index (χ4v) is 6.92. The second kappa shape index (κ2) is 8.58. The van der Waals surface area contributed by atoms with Crippen LogP contribution in [0.1, 0.15) is 43.7 Å². The van der Waals surface area contributed by atoms with Crippen LogP contribution in [0.4, 0.5) is 9.80 Å². The number of nitrogens with zero attached hydrogens (tertiary/aromatic N) is 1. The highest BCUT2D eigenvalue weighted by Gasteiger charge is 2.25. The van der Waals surface area contributed by atoms with E-state index in [1.54, 1.807) is 18.3 Å². The number of aromatic nitrogens is 1. The highest BCUT2D eigenvalue weighted by Crippen LogP contribution is 2.36. The van der Waals surface area contributed by atoms with E-state index in [-0.39, 0.29) is 11.8 Å². The van der Waals surface area contributed by atoms with Crippen molar-refractivity contribution >= 4 is 39.5 Å². The van der Waals surface area contributed by atoms with E-state index >= 15 is 0 Å². The molecule has 4 N–H and O–H groups in total. The zero-order valence-electron chi connectivity index (χ0n) is 17.3. The Hall–Kier alpha value is -2.46. The number of Topliss-reactive ketones (excluding diaryl/α,β-unsaturated/α-hetero) is 1. The van der Waals surface area contributed by atoms with E-state index in [1.807, 2.05) is 24.5 Å². The van der Waals surface area contributed by atoms with Crippen molar-refractivity contribution in [2.24, 2.45) is 0 Å². The van der Waals surface area contributed by atoms with Crippen LogP contribution >= 0.6 is 22.7 Å². The van der Waals surface area contributed by atoms with Gasteiger partial charge >= 0.3 is 6.03 Å². The molecule has 0 saturated carbocycles. The van der Waals surface area contributed by atoms with E-state index in [0.29, 0.717) is 17.1 Å². The molecule has 3 aromatic heterocycles. The number of carbonyl (C=O) groups excluding carboxylic acids is 2. The average molecular weight is 456 g/mol. The Morgan fingerprint density at radius 2 is 1.71 bits per heavy atom. The monoisotopic (exact) mass is 455 g/mol. The quantitative estimate of drug-likeness (QED) is 0.444. The zero-order valence-corrected chi connectivity index (χ0v) is 19.0. The largest absolute Gasteiger partial charge is 0.334 e. The Morgan fingerprint density at radius 1 is 1.03 bits per heavy atom. The molecular formula is C22H25N5O2S2. The maximum Gasteiger partial charge on any atom is 0.320 e. The number of amides is 2. The molecule has 5 heterocycles. The molecule has 7 nitrogen and oxygen atoms in total. The van der Waals surface area contributed by atoms with Crippen LogP contribution in [-0.2, 0) is 32.5 Å². The Kier molecular flexibility index (Phi) is 5.66. The summed E-state index contributed by atoms with van der Waals surface area (Å²) in [5.74, 6) is 0.00370. The molecule has 162 valence electrons. The maximum absolute atomic E-state index is 12.8. The number of ketones is 1. The fourth-order valence-electron chi connectivity index (χ4n) is 4.36. The number of urea groups is 1. The van der Waals surface area contributed by atoms with E-state index in [1.165, 1.54) is 27.3 Å². The molecule has 0 saturated heterocycles. The number of fused-ring (bicyclic) bond motifs is 2. The zero-order chi connectivity index (χ0) is 21.4. The molecule has 0 fully saturated rings. The summed E-state index contributed by atoms with van der Waals surface area (Å²) in [4.78, 5) is 27.5. The van der Waals surface area contributed by atoms with Crippen molar-refractivity contribution in [3.63, 3.8) is 0 Å². The summed E-state index contributed by atoms with van der Waals surface area (Å²) in [6.45, 7) is 5.45. The number of hydrogen-bond acceptors (Lipinski definition) is 6. The molecule has 31 heavy (non-hydrogen) atoms. The molecule has 0 aromatic carbocycles. The van der Waals surface area contributed by atoms with Crippen molar-refractivity contribution in [2.75, 3.05) is 18.4 Å². The molecule has 0 bridgehead atoms. The number of thiophene rings is 2. The van der Waals surface area contributed by atoms with Gasteiger partial charge in [0.1, 0.15) is 10.0 Å². The van der Waals surface area contributed by atoms with E-state index in [0.717, 1.165) is 54.5 Å². The lowest BCUT2D eigenvalue weighted by Crippen LogP contribution is -2.30. The molecule has 2 aliphatic rings. The third kappa shape index (κ3) is 3.94. The molecular weight excluding hydrogens is 430 g/mol. The van der Waals surface area contributed by atoms with Gasteiger partial charge in [0, 0.05) is 47.3 Å². The summed E-state index contributed by atoms with van der Waals surface area (Å²) >= 11 is 3.28. The predicted molar refractivity (Wildman–Crippen MR) is 125 cm³/mol. The predicted octanol–water partition coefficient (Wildman–Crippen LogP) is 3.42. The van der Waals surface area contributed by atoms with Crippen LogP contribution < -0.4 is 21.3 Å². The molecule has 0 spiro atoms. The van der Waals surface area contributed by atoms with Crippen LogP contribution in [0.15, 0.2) is 24.5 Å². The van der Waals surface area contributed by atoms with Crippen molar-refractivity contribution in [1.29, 1.82) is 0 Å². The van der Waals surface area contributed by atoms with Gasteiger partial charge in [-0.1, -0.05) is 0 Å². The summed E-state index contributed by atoms with van der Waals surface area (Å²) in [5, 5.41) is 14.6. The third-order valence-corrected chi connectivity index (χ3v) is 8.22. The van der Waals surface area contributed by atoms with Gasteiger partial charge in [-0.3, -0.25) is 10.1 Å². The standard InChI is InChI=1S/C22H25N5O2S2/c1-13(28)19-15-5-7-24-12-18(15)30-20(19)26-22(29)25-10-16-14-4-6-23-11-17(14)31-21(16)27-8-2-3-9-27/h2-3,8-9,23-24H,4-7,10-12H2,1H3,(H2,25,26,29). The van der Waals surface area contributed by atoms with Crippen LogP contribution in [0.2, 0.25) is 0 Å². The van der Waals surface area contributed by atoms with E-state index in [9.17, 15) is 9.59 Å². The number of hydrogen-bond donors (Lipinski definition) is 4. The lowest BCUT2D eigenvalue weighted by Gasteiger charge is -2.15. The Morgan fingerprint density at radius 3 is 2.42 bits per heavy atom. The van der Waals surface area contributed by atoms with E-state index < -0.39 is 0 Å². The van der Waals surface area contributed by atoms with Gasteiger partial charge in [0.2, 0.25) is 0 Å². The van der Waals surface area contributed by atoms with Gasteiger partial charge in [-0.05, 0) is 56.1 Å². The lowest BCUT2D eigenvalue weighted by atomic mass is 10.0. The molecule has 0 aliphatic carbocycles. The molecule has 2 aliphatic heterocycles. The Balaban J connectivity index is 1.36. The Labute approximate surface area is 188 Å². The SMILES string of the molecule is CC(=O)c1c(NC(=O)NCc2c(-n3cccc3)sc3c2CCNC3)sc2c1CCNC2. The van der Waals surface area contributed by atoms with Crippen LogP contribution in [0.25, 0.3) is 5.00 Å². The molecule has 0 radical (unpaired) electrons. The molecule has 9 heteroatoms. The van der Waals surface area contributed by atoms with Gasteiger partial charge in [0.05, 0.1) is 5.56 Å². The van der Waals surface area contributed by atoms with Gasteiger partial charge in [0.25, 0.3) is 0 Å². The van der Waals surface area contributed by atoms with Crippen molar-refractivity contribution in [3.05, 3.63) is 56.5 Å². The highest BCUT2D eigenvalue weighted by atomic mass is 32.1. The van der Waals surface area contributed by atoms with Crippen molar-refractivity contribution in [2.45, 2.75) is 39.4 Å². The van der Waals surface area contributed by atoms with Gasteiger partial charge in [-0.25, -0.2) is 4.79 Å². The summed E-state index contributed by atoms with van der Waals surface area (Å²) in [6.07, 6.45) is 5.86. The summed E-state index contributed by atoms with van der Waals surface area (Å²) in [7, 11) is 0. The lowest BCUT2D eigenvalue weighted by molar-refractivity contribution is 0.101. The van der Waals surface area contributed by atoms with Gasteiger partial charge in [-0.15, -0.1) is 22.7 Å². The minimum atomic E-state index is -0.276. The first kappa shape index (κ1) is 20.4. The van der Waals surface area contributed by atoms with E-state index in [4.69, 9.17) is 0 Å². The van der Waals surface area contributed by atoms with E-state index in [2.05, 4.69) is 25.8 Å². The van der Waals surface area contributed by atoms with Crippen molar-refractivity contribution in [3.8, 4) is 5.00 Å². The maximum atomic E-state index is 12.8. The summed E-state index contributed by atoms with van der Waals surface area (Å²) < 4.78 is 2.12. The first-order valence-electron chi connectivity index (χ1n) is 10.5. The topological polar surface area (TPSA) is 87.2 Å². The molecule has 5 rings (SSSR count). The van der Waals surface area contributed by atoms with Crippen LogP contribution in [-0.4, -0.2) is 29.5 Å². The molecule has 2 amide bonds. The van der Waals surface area contributed by atoms with Crippen LogP contribution in [0.3, 0.4) is 0 Å². The van der Waals surface area contributed by atoms with Gasteiger partial charge < -0.3 is 20.5 Å². The smallest absolute Gasteiger partial charge is 0.320 e. The van der Waals surface area contributed by atoms with Gasteiger partial charge in [0.15, 0.2) is 5.78 Å². The Bertz CT molecular complexity index is 1130. The molecule has 0 atom stereocenters. The number of rotatable bonds is 5. The third-order valence-electron chi connectivity index (χ3n) is 5.79. The second-order valence-electron chi connectivity index (χ2n) is 7.80. The number of carbonyl (C=O) groups is 2. The highest BCUT2D eigenvalue weighted by molar-refractivity contribution is 7.17. The molecule has 0 unspecified atom stereocenters. The summed E-state index contributed by atoms with van der Waals surface area (Å²) in [5.41, 5.74) is 4.27. The second-order valence-corrected chi connectivity index (χ2v) is 9.99. The minimum Gasteiger partial charge on any atom is -0.334 e. The van der Waals surface area contributed by atoms with Crippen LogP contribution in [0, 0.1) is 0 Å². The first-order valence-corrected chi connectivity index (χ1v) is 12.1. The molecule has 3 aromatic rings. The van der Waals surface area contributed by atoms with Crippen molar-refractivity contribution < 1.29 is 9.59 Å².